The number of H-pyrrole nitrogens is 1. The summed E-state index contributed by atoms with van der Waals surface area (Å²) in [5.74, 6) is 0. The largest absolute Gasteiger partial charge is 0.373 e. The van der Waals surface area contributed by atoms with E-state index in [2.05, 4.69) is 65.0 Å². The van der Waals surface area contributed by atoms with Gasteiger partial charge in [-0.3, -0.25) is 0 Å². The molecule has 0 unspecified atom stereocenters. The molecule has 5 rings (SSSR count). The van der Waals surface area contributed by atoms with E-state index < -0.39 is 0 Å². The molecule has 146 valence electrons. The molecule has 2 aliphatic heterocycles. The number of hydrogen-bond acceptors (Lipinski definition) is 2. The number of unbranched alkanes of at least 4 members (excludes halogenated alkanes) is 1. The number of hydrogen-bond donors (Lipinski definition) is 2. The summed E-state index contributed by atoms with van der Waals surface area (Å²) in [6.45, 7) is 2.98. The van der Waals surface area contributed by atoms with Crippen molar-refractivity contribution in [3.05, 3.63) is 71.4 Å². The number of fused-ring (bicyclic) bond motifs is 3. The molecule has 0 amide bonds. The molecular weight excluding hydrogens is 344 g/mol. The van der Waals surface area contributed by atoms with Gasteiger partial charge < -0.3 is 15.0 Å². The maximum atomic E-state index is 6.47. The van der Waals surface area contributed by atoms with Gasteiger partial charge in [0.2, 0.25) is 0 Å². The second-order valence-electron chi connectivity index (χ2n) is 8.47. The van der Waals surface area contributed by atoms with Crippen molar-refractivity contribution >= 4 is 10.9 Å². The Hall–Kier alpha value is -2.10. The maximum Gasteiger partial charge on any atom is 0.0723 e. The van der Waals surface area contributed by atoms with Crippen LogP contribution in [0.4, 0.5) is 0 Å². The highest BCUT2D eigenvalue weighted by atomic mass is 16.5. The first kappa shape index (κ1) is 18.0. The summed E-state index contributed by atoms with van der Waals surface area (Å²) in [5, 5.41) is 4.93. The van der Waals surface area contributed by atoms with E-state index in [1.165, 1.54) is 47.7 Å². The molecule has 3 heteroatoms. The standard InChI is InChI=1S/C25H30N2O/c1-4-10-22-20(8-1)18-28-24(25(22)13-15-26-16-14-25)12-6-2-7-19-17-27-23-11-5-3-9-21(19)23/h1,3-5,8-11,17,24,26-27H,2,6-7,12-16,18H2/t24-/m1/s1. The molecule has 0 aliphatic carbocycles. The number of piperidine rings is 1. The zero-order valence-electron chi connectivity index (χ0n) is 16.5. The van der Waals surface area contributed by atoms with Gasteiger partial charge in [-0.1, -0.05) is 48.9 Å². The van der Waals surface area contributed by atoms with Crippen molar-refractivity contribution < 1.29 is 4.74 Å². The average Bonchev–Trinajstić information content (AvgIpc) is 3.17. The highest BCUT2D eigenvalue weighted by Gasteiger charge is 2.45. The summed E-state index contributed by atoms with van der Waals surface area (Å²) in [4.78, 5) is 3.40. The number of nitrogens with one attached hydrogen (secondary N) is 2. The second-order valence-corrected chi connectivity index (χ2v) is 8.47. The van der Waals surface area contributed by atoms with Crippen molar-refractivity contribution in [2.45, 2.75) is 56.7 Å². The van der Waals surface area contributed by atoms with E-state index in [1.54, 1.807) is 5.56 Å². The van der Waals surface area contributed by atoms with Gasteiger partial charge >= 0.3 is 0 Å². The smallest absolute Gasteiger partial charge is 0.0723 e. The Labute approximate surface area is 167 Å². The first-order valence-electron chi connectivity index (χ1n) is 10.8. The number of para-hydroxylation sites is 1. The van der Waals surface area contributed by atoms with Crippen molar-refractivity contribution in [1.29, 1.82) is 0 Å². The second kappa shape index (κ2) is 7.73. The third-order valence-electron chi connectivity index (χ3n) is 6.94. The lowest BCUT2D eigenvalue weighted by Gasteiger charge is -2.48. The first-order valence-corrected chi connectivity index (χ1v) is 10.8. The minimum atomic E-state index is 0.209. The lowest BCUT2D eigenvalue weighted by molar-refractivity contribution is -0.0491. The Bertz CT molecular complexity index is 938. The monoisotopic (exact) mass is 374 g/mol. The summed E-state index contributed by atoms with van der Waals surface area (Å²) < 4.78 is 6.47. The highest BCUT2D eigenvalue weighted by molar-refractivity contribution is 5.82. The van der Waals surface area contributed by atoms with Gasteiger partial charge in [-0.25, -0.2) is 0 Å². The first-order chi connectivity index (χ1) is 13.9. The normalized spacial score (nSPS) is 21.1. The molecule has 0 radical (unpaired) electrons. The van der Waals surface area contributed by atoms with E-state index >= 15 is 0 Å². The van der Waals surface area contributed by atoms with E-state index in [9.17, 15) is 0 Å². The number of aryl methyl sites for hydroxylation is 1. The molecule has 3 aromatic rings. The third-order valence-corrected chi connectivity index (χ3v) is 6.94. The Morgan fingerprint density at radius 2 is 1.79 bits per heavy atom. The summed E-state index contributed by atoms with van der Waals surface area (Å²) >= 11 is 0. The molecule has 0 saturated carbocycles. The van der Waals surface area contributed by atoms with Crippen molar-refractivity contribution in [3.8, 4) is 0 Å². The molecule has 1 aromatic heterocycles. The van der Waals surface area contributed by atoms with Gasteiger partial charge in [-0.05, 0) is 68.0 Å². The third kappa shape index (κ3) is 3.17. The maximum absolute atomic E-state index is 6.47. The Morgan fingerprint density at radius 1 is 0.964 bits per heavy atom. The van der Waals surface area contributed by atoms with E-state index in [0.717, 1.165) is 32.5 Å². The zero-order chi connectivity index (χ0) is 18.8. The predicted molar refractivity (Wildman–Crippen MR) is 115 cm³/mol. The quantitative estimate of drug-likeness (QED) is 0.610. The van der Waals surface area contributed by atoms with Crippen LogP contribution in [-0.4, -0.2) is 24.2 Å². The fourth-order valence-corrected chi connectivity index (χ4v) is 5.46. The molecule has 28 heavy (non-hydrogen) atoms. The van der Waals surface area contributed by atoms with Crippen LogP contribution in [0.3, 0.4) is 0 Å². The Balaban J connectivity index is 1.27. The van der Waals surface area contributed by atoms with E-state index in [0.29, 0.717) is 6.10 Å². The predicted octanol–water partition coefficient (Wildman–Crippen LogP) is 5.10. The fourth-order valence-electron chi connectivity index (χ4n) is 5.46. The molecule has 1 spiro atoms. The summed E-state index contributed by atoms with van der Waals surface area (Å²) in [7, 11) is 0. The lowest BCUT2D eigenvalue weighted by Crippen LogP contribution is -2.51. The number of aromatic nitrogens is 1. The molecule has 2 N–H and O–H groups in total. The average molecular weight is 375 g/mol. The molecular formula is C25H30N2O. The molecule has 1 atom stereocenters. The minimum Gasteiger partial charge on any atom is -0.373 e. The van der Waals surface area contributed by atoms with Crippen molar-refractivity contribution in [1.82, 2.24) is 10.3 Å². The topological polar surface area (TPSA) is 37.0 Å². The van der Waals surface area contributed by atoms with Crippen molar-refractivity contribution in [2.24, 2.45) is 0 Å². The summed E-state index contributed by atoms with van der Waals surface area (Å²) in [5.41, 5.74) is 5.87. The van der Waals surface area contributed by atoms with Crippen LogP contribution >= 0.6 is 0 Å². The van der Waals surface area contributed by atoms with Crippen LogP contribution in [0, 0.1) is 0 Å². The lowest BCUT2D eigenvalue weighted by atomic mass is 9.65. The van der Waals surface area contributed by atoms with Crippen LogP contribution in [0.2, 0.25) is 0 Å². The minimum absolute atomic E-state index is 0.209. The van der Waals surface area contributed by atoms with Gasteiger partial charge in [0.05, 0.1) is 12.7 Å². The van der Waals surface area contributed by atoms with Gasteiger partial charge in [-0.2, -0.15) is 0 Å². The van der Waals surface area contributed by atoms with Crippen LogP contribution < -0.4 is 5.32 Å². The van der Waals surface area contributed by atoms with Crippen molar-refractivity contribution in [2.75, 3.05) is 13.1 Å². The molecule has 3 heterocycles. The molecule has 0 bridgehead atoms. The molecule has 1 saturated heterocycles. The van der Waals surface area contributed by atoms with Crippen LogP contribution in [-0.2, 0) is 23.2 Å². The fraction of sp³-hybridized carbons (Fsp3) is 0.440. The van der Waals surface area contributed by atoms with E-state index in [-0.39, 0.29) is 5.41 Å². The van der Waals surface area contributed by atoms with Gasteiger partial charge in [0.25, 0.3) is 0 Å². The van der Waals surface area contributed by atoms with Gasteiger partial charge in [-0.15, -0.1) is 0 Å². The summed E-state index contributed by atoms with van der Waals surface area (Å²) in [6, 6.07) is 17.6. The van der Waals surface area contributed by atoms with Gasteiger partial charge in [0.15, 0.2) is 0 Å². The number of aromatic amines is 1. The SMILES string of the molecule is c1ccc2c(c1)CO[C@H](CCCCc1c[nH]c3ccccc13)C21CCNCC1. The van der Waals surface area contributed by atoms with Crippen LogP contribution in [0.25, 0.3) is 10.9 Å². The van der Waals surface area contributed by atoms with E-state index in [1.807, 2.05) is 0 Å². The molecule has 2 aliphatic rings. The molecule has 2 aromatic carbocycles. The molecule has 1 fully saturated rings. The van der Waals surface area contributed by atoms with Crippen molar-refractivity contribution in [3.63, 3.8) is 0 Å². The van der Waals surface area contributed by atoms with Crippen LogP contribution in [0.5, 0.6) is 0 Å². The number of rotatable bonds is 5. The Morgan fingerprint density at radius 3 is 2.71 bits per heavy atom. The van der Waals surface area contributed by atoms with Gasteiger partial charge in [0.1, 0.15) is 0 Å². The van der Waals surface area contributed by atoms with Gasteiger partial charge in [0, 0.05) is 22.5 Å². The zero-order valence-corrected chi connectivity index (χ0v) is 16.5. The number of benzene rings is 2. The van der Waals surface area contributed by atoms with E-state index in [4.69, 9.17) is 4.74 Å². The number of ether oxygens (including phenoxy) is 1. The van der Waals surface area contributed by atoms with Crippen LogP contribution in [0.1, 0.15) is 48.8 Å². The van der Waals surface area contributed by atoms with Crippen LogP contribution in [0.15, 0.2) is 54.7 Å². The Kier molecular flexibility index (Phi) is 4.96. The highest BCUT2D eigenvalue weighted by Crippen LogP contribution is 2.45. The summed E-state index contributed by atoms with van der Waals surface area (Å²) in [6.07, 6.45) is 9.67. The molecule has 3 nitrogen and oxygen atoms in total.